The standard InChI is InChI=1S/C13H21N/c1-6-10(4)7-12-11(5)14-8-13(12)9(2)3/h7-9,14H,6H2,1-5H3/b10-7-. The predicted octanol–water partition coefficient (Wildman–Crippen LogP) is 4.26. The van der Waals surface area contributed by atoms with Crippen LogP contribution >= 0.6 is 0 Å². The summed E-state index contributed by atoms with van der Waals surface area (Å²) in [7, 11) is 0. The van der Waals surface area contributed by atoms with E-state index in [0.717, 1.165) is 6.42 Å². The Morgan fingerprint density at radius 1 is 1.50 bits per heavy atom. The van der Waals surface area contributed by atoms with Gasteiger partial charge in [-0.25, -0.2) is 0 Å². The van der Waals surface area contributed by atoms with Gasteiger partial charge in [-0.3, -0.25) is 0 Å². The number of aromatic nitrogens is 1. The molecule has 14 heavy (non-hydrogen) atoms. The van der Waals surface area contributed by atoms with Gasteiger partial charge in [0.2, 0.25) is 0 Å². The summed E-state index contributed by atoms with van der Waals surface area (Å²) in [5.74, 6) is 0.593. The Kier molecular flexibility index (Phi) is 3.56. The van der Waals surface area contributed by atoms with Gasteiger partial charge in [0.1, 0.15) is 0 Å². The van der Waals surface area contributed by atoms with Crippen LogP contribution in [-0.2, 0) is 0 Å². The third kappa shape index (κ3) is 2.28. The average Bonchev–Trinajstić information content (AvgIpc) is 2.48. The summed E-state index contributed by atoms with van der Waals surface area (Å²) in [6.45, 7) is 11.0. The van der Waals surface area contributed by atoms with Gasteiger partial charge in [-0.1, -0.05) is 32.4 Å². The van der Waals surface area contributed by atoms with E-state index in [1.807, 2.05) is 0 Å². The molecular formula is C13H21N. The molecule has 0 radical (unpaired) electrons. The average molecular weight is 191 g/mol. The summed E-state index contributed by atoms with van der Waals surface area (Å²) in [6.07, 6.45) is 5.57. The molecule has 1 N–H and O–H groups in total. The Hall–Kier alpha value is -0.980. The highest BCUT2D eigenvalue weighted by Crippen LogP contribution is 2.24. The Bertz CT molecular complexity index is 329. The Balaban J connectivity index is 3.11. The summed E-state index contributed by atoms with van der Waals surface area (Å²) in [6, 6.07) is 0. The van der Waals surface area contributed by atoms with E-state index in [-0.39, 0.29) is 0 Å². The molecule has 0 atom stereocenters. The molecule has 0 aliphatic rings. The van der Waals surface area contributed by atoms with E-state index < -0.39 is 0 Å². The largest absolute Gasteiger partial charge is 0.364 e. The molecule has 0 saturated heterocycles. The van der Waals surface area contributed by atoms with Gasteiger partial charge in [-0.05, 0) is 37.3 Å². The fourth-order valence-corrected chi connectivity index (χ4v) is 1.58. The van der Waals surface area contributed by atoms with E-state index in [1.165, 1.54) is 22.4 Å². The normalized spacial score (nSPS) is 12.6. The minimum atomic E-state index is 0.593. The molecule has 0 amide bonds. The Morgan fingerprint density at radius 3 is 2.64 bits per heavy atom. The van der Waals surface area contributed by atoms with Crippen LogP contribution in [0.4, 0.5) is 0 Å². The van der Waals surface area contributed by atoms with Crippen LogP contribution in [0.25, 0.3) is 6.08 Å². The van der Waals surface area contributed by atoms with E-state index in [4.69, 9.17) is 0 Å². The lowest BCUT2D eigenvalue weighted by atomic mass is 9.99. The van der Waals surface area contributed by atoms with Crippen LogP contribution in [0.3, 0.4) is 0 Å². The molecule has 1 heteroatoms. The first kappa shape index (κ1) is 11.1. The fourth-order valence-electron chi connectivity index (χ4n) is 1.58. The molecule has 0 aliphatic heterocycles. The van der Waals surface area contributed by atoms with Crippen molar-refractivity contribution in [2.24, 2.45) is 0 Å². The summed E-state index contributed by atoms with van der Waals surface area (Å²) in [4.78, 5) is 3.30. The summed E-state index contributed by atoms with van der Waals surface area (Å²) >= 11 is 0. The van der Waals surface area contributed by atoms with Gasteiger partial charge >= 0.3 is 0 Å². The first-order valence-electron chi connectivity index (χ1n) is 5.41. The van der Waals surface area contributed by atoms with Crippen LogP contribution in [0.15, 0.2) is 11.8 Å². The molecule has 1 heterocycles. The van der Waals surface area contributed by atoms with E-state index >= 15 is 0 Å². The molecule has 1 nitrogen and oxygen atoms in total. The highest BCUT2D eigenvalue weighted by atomic mass is 14.7. The SMILES string of the molecule is CC/C(C)=C\c1c(C(C)C)c[nH]c1C. The van der Waals surface area contributed by atoms with Gasteiger partial charge < -0.3 is 4.98 Å². The highest BCUT2D eigenvalue weighted by molar-refractivity contribution is 5.59. The number of aryl methyl sites for hydroxylation is 1. The van der Waals surface area contributed by atoms with Gasteiger partial charge in [0, 0.05) is 11.9 Å². The number of rotatable bonds is 3. The van der Waals surface area contributed by atoms with Crippen LogP contribution < -0.4 is 0 Å². The number of hydrogen-bond donors (Lipinski definition) is 1. The zero-order chi connectivity index (χ0) is 10.7. The van der Waals surface area contributed by atoms with Crippen LogP contribution in [-0.4, -0.2) is 4.98 Å². The lowest BCUT2D eigenvalue weighted by Crippen LogP contribution is -1.88. The monoisotopic (exact) mass is 191 g/mol. The van der Waals surface area contributed by atoms with Crippen molar-refractivity contribution in [3.05, 3.63) is 28.6 Å². The van der Waals surface area contributed by atoms with Crippen molar-refractivity contribution in [1.29, 1.82) is 0 Å². The van der Waals surface area contributed by atoms with Gasteiger partial charge in [0.25, 0.3) is 0 Å². The molecule has 0 aromatic carbocycles. The topological polar surface area (TPSA) is 15.8 Å². The van der Waals surface area contributed by atoms with Crippen LogP contribution in [0.5, 0.6) is 0 Å². The van der Waals surface area contributed by atoms with Crippen molar-refractivity contribution < 1.29 is 0 Å². The van der Waals surface area contributed by atoms with E-state index in [0.29, 0.717) is 5.92 Å². The molecular weight excluding hydrogens is 170 g/mol. The first-order chi connectivity index (χ1) is 6.56. The fraction of sp³-hybridized carbons (Fsp3) is 0.538. The zero-order valence-electron chi connectivity index (χ0n) is 9.94. The van der Waals surface area contributed by atoms with Gasteiger partial charge in [0.15, 0.2) is 0 Å². The predicted molar refractivity (Wildman–Crippen MR) is 63.6 cm³/mol. The molecule has 0 spiro atoms. The molecule has 0 bridgehead atoms. The first-order valence-corrected chi connectivity index (χ1v) is 5.41. The van der Waals surface area contributed by atoms with Crippen molar-refractivity contribution in [3.8, 4) is 0 Å². The summed E-state index contributed by atoms with van der Waals surface area (Å²) in [5, 5.41) is 0. The summed E-state index contributed by atoms with van der Waals surface area (Å²) < 4.78 is 0. The van der Waals surface area contributed by atoms with E-state index in [9.17, 15) is 0 Å². The van der Waals surface area contributed by atoms with Crippen molar-refractivity contribution in [2.75, 3.05) is 0 Å². The third-order valence-electron chi connectivity index (χ3n) is 2.73. The number of H-pyrrole nitrogens is 1. The summed E-state index contributed by atoms with van der Waals surface area (Å²) in [5.41, 5.74) is 5.53. The quantitative estimate of drug-likeness (QED) is 0.734. The smallest absolute Gasteiger partial charge is 0.0192 e. The number of nitrogens with one attached hydrogen (secondary N) is 1. The molecule has 0 saturated carbocycles. The zero-order valence-corrected chi connectivity index (χ0v) is 9.94. The van der Waals surface area contributed by atoms with Crippen LogP contribution in [0.1, 0.15) is 56.9 Å². The maximum Gasteiger partial charge on any atom is 0.0192 e. The molecule has 0 unspecified atom stereocenters. The molecule has 0 fully saturated rings. The Morgan fingerprint density at radius 2 is 2.14 bits per heavy atom. The minimum absolute atomic E-state index is 0.593. The van der Waals surface area contributed by atoms with Crippen molar-refractivity contribution in [1.82, 2.24) is 4.98 Å². The van der Waals surface area contributed by atoms with Gasteiger partial charge in [-0.15, -0.1) is 0 Å². The molecule has 0 aliphatic carbocycles. The Labute approximate surface area is 87.2 Å². The second kappa shape index (κ2) is 4.50. The van der Waals surface area contributed by atoms with Crippen molar-refractivity contribution >= 4 is 6.08 Å². The number of aromatic amines is 1. The van der Waals surface area contributed by atoms with Crippen molar-refractivity contribution in [2.45, 2.75) is 47.0 Å². The van der Waals surface area contributed by atoms with Gasteiger partial charge in [-0.2, -0.15) is 0 Å². The lowest BCUT2D eigenvalue weighted by molar-refractivity contribution is 0.866. The maximum absolute atomic E-state index is 3.30. The highest BCUT2D eigenvalue weighted by Gasteiger charge is 2.08. The molecule has 1 aromatic heterocycles. The van der Waals surface area contributed by atoms with Crippen molar-refractivity contribution in [3.63, 3.8) is 0 Å². The van der Waals surface area contributed by atoms with Crippen LogP contribution in [0, 0.1) is 6.92 Å². The molecule has 1 rings (SSSR count). The van der Waals surface area contributed by atoms with Crippen LogP contribution in [0.2, 0.25) is 0 Å². The second-order valence-electron chi connectivity index (χ2n) is 4.28. The molecule has 1 aromatic rings. The second-order valence-corrected chi connectivity index (χ2v) is 4.28. The molecule has 78 valence electrons. The van der Waals surface area contributed by atoms with E-state index in [1.54, 1.807) is 0 Å². The van der Waals surface area contributed by atoms with Gasteiger partial charge in [0.05, 0.1) is 0 Å². The maximum atomic E-state index is 3.30. The third-order valence-corrected chi connectivity index (χ3v) is 2.73. The minimum Gasteiger partial charge on any atom is -0.364 e. The lowest BCUT2D eigenvalue weighted by Gasteiger charge is -2.05. The number of hydrogen-bond acceptors (Lipinski definition) is 0. The van der Waals surface area contributed by atoms with E-state index in [2.05, 4.69) is 51.9 Å². The number of allylic oxidation sites excluding steroid dienone is 1.